The Labute approximate surface area is 120 Å². The molecule has 1 aromatic rings. The zero-order valence-electron chi connectivity index (χ0n) is 10.0. The second-order valence-electron chi connectivity index (χ2n) is 4.41. The zero-order chi connectivity index (χ0) is 12.4. The van der Waals surface area contributed by atoms with Gasteiger partial charge < -0.3 is 4.90 Å². The minimum Gasteiger partial charge on any atom is -0.320 e. The van der Waals surface area contributed by atoms with Gasteiger partial charge >= 0.3 is 0 Å². The van der Waals surface area contributed by atoms with Crippen molar-refractivity contribution in [3.05, 3.63) is 22.4 Å². The molecule has 0 aromatic carbocycles. The van der Waals surface area contributed by atoms with Crippen molar-refractivity contribution in [3.8, 4) is 0 Å². The Kier molecular flexibility index (Phi) is 4.18. The molecule has 6 heteroatoms. The number of thiophene rings is 1. The third kappa shape index (κ3) is 2.71. The van der Waals surface area contributed by atoms with E-state index in [0.29, 0.717) is 11.8 Å². The van der Waals surface area contributed by atoms with Crippen molar-refractivity contribution in [3.63, 3.8) is 0 Å². The summed E-state index contributed by atoms with van der Waals surface area (Å²) < 4.78 is 0. The lowest BCUT2D eigenvalue weighted by molar-refractivity contribution is -0.127. The minimum atomic E-state index is 0.102. The summed E-state index contributed by atoms with van der Waals surface area (Å²) in [5.41, 5.74) is 0. The first-order chi connectivity index (χ1) is 8.84. The molecule has 0 saturated carbocycles. The van der Waals surface area contributed by atoms with Gasteiger partial charge in [0.25, 0.3) is 0 Å². The van der Waals surface area contributed by atoms with Crippen molar-refractivity contribution >= 4 is 40.8 Å². The number of hydrogen-bond acceptors (Lipinski definition) is 5. The second-order valence-corrected chi connectivity index (χ2v) is 7.95. The first-order valence-electron chi connectivity index (χ1n) is 6.10. The van der Waals surface area contributed by atoms with E-state index in [1.165, 1.54) is 22.1 Å². The van der Waals surface area contributed by atoms with Crippen molar-refractivity contribution in [2.24, 2.45) is 0 Å². The van der Waals surface area contributed by atoms with Gasteiger partial charge in [-0.3, -0.25) is 10.1 Å². The van der Waals surface area contributed by atoms with Crippen LogP contribution in [0.3, 0.4) is 0 Å². The summed E-state index contributed by atoms with van der Waals surface area (Å²) in [6.07, 6.45) is 0.102. The van der Waals surface area contributed by atoms with Crippen LogP contribution in [0.5, 0.6) is 0 Å². The number of nitrogens with one attached hydrogen (secondary N) is 1. The fourth-order valence-corrected chi connectivity index (χ4v) is 5.78. The second kappa shape index (κ2) is 5.86. The average Bonchev–Trinajstić information content (AvgIpc) is 3.02. The van der Waals surface area contributed by atoms with E-state index in [0.717, 1.165) is 6.54 Å². The Hall–Kier alpha value is -0.170. The molecule has 18 heavy (non-hydrogen) atoms. The molecular formula is C12H16N2OS3. The van der Waals surface area contributed by atoms with Gasteiger partial charge in [0.2, 0.25) is 5.91 Å². The van der Waals surface area contributed by atoms with Gasteiger partial charge in [0.1, 0.15) is 6.17 Å². The molecule has 2 fully saturated rings. The van der Waals surface area contributed by atoms with E-state index in [4.69, 9.17) is 0 Å². The first-order valence-corrected chi connectivity index (χ1v) is 9.18. The number of carbonyl (C=O) groups excluding carboxylic acids is 1. The van der Waals surface area contributed by atoms with Gasteiger partial charge in [0.15, 0.2) is 0 Å². The molecular weight excluding hydrogens is 284 g/mol. The number of rotatable bonds is 3. The monoisotopic (exact) mass is 300 g/mol. The van der Waals surface area contributed by atoms with Crippen molar-refractivity contribution in [2.45, 2.75) is 11.4 Å². The van der Waals surface area contributed by atoms with Gasteiger partial charge in [-0.25, -0.2) is 0 Å². The molecule has 98 valence electrons. The maximum Gasteiger partial charge on any atom is 0.238 e. The molecule has 0 aliphatic carbocycles. The minimum absolute atomic E-state index is 0.102. The first kappa shape index (κ1) is 12.8. The van der Waals surface area contributed by atoms with Gasteiger partial charge in [0, 0.05) is 33.9 Å². The van der Waals surface area contributed by atoms with Crippen molar-refractivity contribution in [1.82, 2.24) is 10.2 Å². The van der Waals surface area contributed by atoms with E-state index >= 15 is 0 Å². The van der Waals surface area contributed by atoms with Crippen LogP contribution in [-0.4, -0.2) is 46.4 Å². The molecule has 3 rings (SSSR count). The van der Waals surface area contributed by atoms with Gasteiger partial charge in [-0.05, 0) is 11.4 Å². The smallest absolute Gasteiger partial charge is 0.238 e. The predicted octanol–water partition coefficient (Wildman–Crippen LogP) is 2.03. The van der Waals surface area contributed by atoms with Gasteiger partial charge in [-0.15, -0.1) is 11.3 Å². The van der Waals surface area contributed by atoms with Crippen LogP contribution in [0.15, 0.2) is 17.5 Å². The average molecular weight is 300 g/mol. The lowest BCUT2D eigenvalue weighted by Gasteiger charge is -2.29. The van der Waals surface area contributed by atoms with Crippen LogP contribution >= 0.6 is 34.9 Å². The Morgan fingerprint density at radius 2 is 2.39 bits per heavy atom. The Morgan fingerprint density at radius 3 is 3.11 bits per heavy atom. The largest absolute Gasteiger partial charge is 0.320 e. The number of amides is 1. The summed E-state index contributed by atoms with van der Waals surface area (Å²) in [4.78, 5) is 15.3. The van der Waals surface area contributed by atoms with Crippen molar-refractivity contribution < 1.29 is 4.79 Å². The van der Waals surface area contributed by atoms with Crippen LogP contribution in [0.25, 0.3) is 0 Å². The van der Waals surface area contributed by atoms with E-state index in [1.807, 2.05) is 34.5 Å². The molecule has 2 aliphatic rings. The molecule has 0 spiro atoms. The van der Waals surface area contributed by atoms with Crippen molar-refractivity contribution in [1.29, 1.82) is 0 Å². The fourth-order valence-electron chi connectivity index (χ4n) is 2.31. The fraction of sp³-hybridized carbons (Fsp3) is 0.583. The summed E-state index contributed by atoms with van der Waals surface area (Å²) >= 11 is 5.74. The lowest BCUT2D eigenvalue weighted by Crippen LogP contribution is -2.37. The normalized spacial score (nSPS) is 28.9. The molecule has 0 radical (unpaired) electrons. The lowest BCUT2D eigenvalue weighted by atomic mass is 10.3. The van der Waals surface area contributed by atoms with Crippen LogP contribution < -0.4 is 5.32 Å². The number of carbonyl (C=O) groups is 1. The third-order valence-corrected chi connectivity index (χ3v) is 6.93. The van der Waals surface area contributed by atoms with E-state index in [2.05, 4.69) is 16.8 Å². The molecule has 2 unspecified atom stereocenters. The molecule has 3 nitrogen and oxygen atoms in total. The van der Waals surface area contributed by atoms with Crippen LogP contribution in [0.1, 0.15) is 11.0 Å². The molecule has 1 aromatic heterocycles. The summed E-state index contributed by atoms with van der Waals surface area (Å²) in [6.45, 7) is 1.36. The highest BCUT2D eigenvalue weighted by Gasteiger charge is 2.34. The quantitative estimate of drug-likeness (QED) is 0.926. The molecule has 1 N–H and O–H groups in total. The Morgan fingerprint density at radius 1 is 1.44 bits per heavy atom. The molecule has 2 aliphatic heterocycles. The maximum atomic E-state index is 12.0. The predicted molar refractivity (Wildman–Crippen MR) is 80.3 cm³/mol. The summed E-state index contributed by atoms with van der Waals surface area (Å²) in [5.74, 6) is 3.88. The molecule has 2 atom stereocenters. The van der Waals surface area contributed by atoms with Crippen LogP contribution in [0.2, 0.25) is 0 Å². The van der Waals surface area contributed by atoms with E-state index in [-0.39, 0.29) is 12.1 Å². The van der Waals surface area contributed by atoms with Crippen LogP contribution in [0.4, 0.5) is 0 Å². The molecule has 3 heterocycles. The topological polar surface area (TPSA) is 32.3 Å². The van der Waals surface area contributed by atoms with Crippen LogP contribution in [-0.2, 0) is 4.79 Å². The highest BCUT2D eigenvalue weighted by atomic mass is 32.2. The Balaban J connectivity index is 1.69. The molecule has 1 amide bonds. The third-order valence-electron chi connectivity index (χ3n) is 3.18. The summed E-state index contributed by atoms with van der Waals surface area (Å²) in [6, 6.07) is 4.16. The summed E-state index contributed by atoms with van der Waals surface area (Å²) in [7, 11) is 0. The standard InChI is InChI=1S/C12H16N2OS3/c15-11-6-13-12(10-2-1-3-18-10)14(11)7-9-8-16-4-5-17-9/h1-3,9,12-13H,4-8H2. The van der Waals surface area contributed by atoms with E-state index in [9.17, 15) is 4.79 Å². The number of nitrogens with zero attached hydrogens (tertiary/aromatic N) is 1. The van der Waals surface area contributed by atoms with E-state index in [1.54, 1.807) is 11.3 Å². The molecule has 2 saturated heterocycles. The summed E-state index contributed by atoms with van der Waals surface area (Å²) in [5, 5.41) is 5.98. The Bertz CT molecular complexity index is 403. The van der Waals surface area contributed by atoms with Gasteiger partial charge in [-0.1, -0.05) is 6.07 Å². The van der Waals surface area contributed by atoms with Crippen molar-refractivity contribution in [2.75, 3.05) is 30.3 Å². The highest BCUT2D eigenvalue weighted by Crippen LogP contribution is 2.30. The maximum absolute atomic E-state index is 12.0. The molecule has 0 bridgehead atoms. The van der Waals surface area contributed by atoms with Gasteiger partial charge in [-0.2, -0.15) is 23.5 Å². The van der Waals surface area contributed by atoms with Gasteiger partial charge in [0.05, 0.1) is 6.54 Å². The zero-order valence-corrected chi connectivity index (χ0v) is 12.5. The number of thioether (sulfide) groups is 2. The highest BCUT2D eigenvalue weighted by molar-refractivity contribution is 8.06. The number of hydrogen-bond donors (Lipinski definition) is 1. The van der Waals surface area contributed by atoms with E-state index < -0.39 is 0 Å². The van der Waals surface area contributed by atoms with Crippen LogP contribution in [0, 0.1) is 0 Å². The SMILES string of the molecule is O=C1CNC(c2cccs2)N1CC1CSCCS1.